The molecule has 0 aromatic heterocycles. The number of carbonyl (C=O) groups excluding carboxylic acids is 2. The maximum Gasteiger partial charge on any atom is 0.310 e. The largest absolute Gasteiger partial charge is 0.466 e. The predicted molar refractivity (Wildman–Crippen MR) is 119 cm³/mol. The Morgan fingerprint density at radius 2 is 1.88 bits per heavy atom. The zero-order valence-electron chi connectivity index (χ0n) is 18.2. The average molecular weight is 438 g/mol. The lowest BCUT2D eigenvalue weighted by Gasteiger charge is -2.32. The normalized spacial score (nSPS) is 21.3. The predicted octanol–water partition coefficient (Wildman–Crippen LogP) is 3.78. The first kappa shape index (κ1) is 22.1. The fraction of sp³-hybridized carbons (Fsp3) is 0.400. The topological polar surface area (TPSA) is 62.2 Å². The Balaban J connectivity index is 1.52. The van der Waals surface area contributed by atoms with E-state index in [1.165, 1.54) is 12.1 Å². The minimum absolute atomic E-state index is 0.111. The molecule has 0 aliphatic carbocycles. The Morgan fingerprint density at radius 1 is 1.12 bits per heavy atom. The number of rotatable bonds is 6. The van der Waals surface area contributed by atoms with Crippen molar-refractivity contribution in [3.63, 3.8) is 0 Å². The summed E-state index contributed by atoms with van der Waals surface area (Å²) in [6, 6.07) is 15.8. The van der Waals surface area contributed by atoms with Crippen LogP contribution < -0.4 is 0 Å². The standard InChI is InChI=1S/C25H28FN3O3/c1-2-32-25(31)20-9-6-14-28(16-20)17-24(30)29-23(19-7-4-3-5-8-19)15-22(27-29)18-10-12-21(26)13-11-18/h3-5,7-8,10-13,20,23H,2,6,9,14-17H2,1H3. The van der Waals surface area contributed by atoms with E-state index < -0.39 is 0 Å². The summed E-state index contributed by atoms with van der Waals surface area (Å²) in [4.78, 5) is 27.5. The summed E-state index contributed by atoms with van der Waals surface area (Å²) in [7, 11) is 0. The number of carbonyl (C=O) groups is 2. The second kappa shape index (κ2) is 10.0. The van der Waals surface area contributed by atoms with Gasteiger partial charge in [-0.2, -0.15) is 5.10 Å². The number of benzene rings is 2. The smallest absolute Gasteiger partial charge is 0.310 e. The molecular weight excluding hydrogens is 409 g/mol. The number of amides is 1. The fourth-order valence-electron chi connectivity index (χ4n) is 4.41. The first-order chi connectivity index (χ1) is 15.5. The summed E-state index contributed by atoms with van der Waals surface area (Å²) in [5.41, 5.74) is 2.57. The van der Waals surface area contributed by atoms with E-state index in [9.17, 15) is 14.0 Å². The van der Waals surface area contributed by atoms with E-state index in [-0.39, 0.29) is 36.2 Å². The zero-order chi connectivity index (χ0) is 22.5. The quantitative estimate of drug-likeness (QED) is 0.646. The molecular formula is C25H28FN3O3. The highest BCUT2D eigenvalue weighted by Gasteiger charge is 2.35. The van der Waals surface area contributed by atoms with Gasteiger partial charge in [0.1, 0.15) is 5.82 Å². The van der Waals surface area contributed by atoms with Gasteiger partial charge in [-0.25, -0.2) is 9.40 Å². The van der Waals surface area contributed by atoms with Crippen LogP contribution in [-0.2, 0) is 14.3 Å². The van der Waals surface area contributed by atoms with Gasteiger partial charge in [0.2, 0.25) is 0 Å². The Hall–Kier alpha value is -3.06. The first-order valence-electron chi connectivity index (χ1n) is 11.1. The average Bonchev–Trinajstić information content (AvgIpc) is 3.26. The number of nitrogens with zero attached hydrogens (tertiary/aromatic N) is 3. The van der Waals surface area contributed by atoms with Crippen LogP contribution in [0.3, 0.4) is 0 Å². The van der Waals surface area contributed by atoms with Crippen molar-refractivity contribution in [2.45, 2.75) is 32.2 Å². The maximum atomic E-state index is 13.4. The Kier molecular flexibility index (Phi) is 6.95. The molecule has 0 bridgehead atoms. The number of esters is 1. The van der Waals surface area contributed by atoms with Crippen LogP contribution in [0.2, 0.25) is 0 Å². The highest BCUT2D eigenvalue weighted by molar-refractivity contribution is 6.03. The molecule has 2 unspecified atom stereocenters. The maximum absolute atomic E-state index is 13.4. The third-order valence-electron chi connectivity index (χ3n) is 6.01. The second-order valence-electron chi connectivity index (χ2n) is 8.25. The van der Waals surface area contributed by atoms with Crippen molar-refractivity contribution in [1.82, 2.24) is 9.91 Å². The molecule has 2 aliphatic rings. The van der Waals surface area contributed by atoms with Crippen LogP contribution in [0.5, 0.6) is 0 Å². The highest BCUT2D eigenvalue weighted by atomic mass is 19.1. The molecule has 2 heterocycles. The Bertz CT molecular complexity index is 978. The number of hydrogen-bond acceptors (Lipinski definition) is 5. The Morgan fingerprint density at radius 3 is 2.59 bits per heavy atom. The molecule has 2 atom stereocenters. The molecule has 32 heavy (non-hydrogen) atoms. The van der Waals surface area contributed by atoms with Crippen LogP contribution in [0.15, 0.2) is 59.7 Å². The van der Waals surface area contributed by atoms with Gasteiger partial charge in [0.05, 0.1) is 30.8 Å². The highest BCUT2D eigenvalue weighted by Crippen LogP contribution is 2.33. The third-order valence-corrected chi connectivity index (χ3v) is 6.01. The van der Waals surface area contributed by atoms with Gasteiger partial charge in [-0.15, -0.1) is 0 Å². The molecule has 0 radical (unpaired) electrons. The van der Waals surface area contributed by atoms with Gasteiger partial charge in [0.25, 0.3) is 5.91 Å². The Labute approximate surface area is 187 Å². The van der Waals surface area contributed by atoms with Crippen molar-refractivity contribution >= 4 is 17.6 Å². The number of ether oxygens (including phenoxy) is 1. The molecule has 168 valence electrons. The van der Waals surface area contributed by atoms with E-state index in [1.54, 1.807) is 24.1 Å². The van der Waals surface area contributed by atoms with Crippen molar-refractivity contribution in [2.24, 2.45) is 11.0 Å². The number of likely N-dealkylation sites (tertiary alicyclic amines) is 1. The number of piperidine rings is 1. The molecule has 7 heteroatoms. The minimum atomic E-state index is -0.304. The molecule has 6 nitrogen and oxygen atoms in total. The number of hydrogen-bond donors (Lipinski definition) is 0. The van der Waals surface area contributed by atoms with Crippen molar-refractivity contribution in [3.05, 3.63) is 71.5 Å². The minimum Gasteiger partial charge on any atom is -0.466 e. The molecule has 1 amide bonds. The van der Waals surface area contributed by atoms with Gasteiger partial charge in [-0.1, -0.05) is 42.5 Å². The third kappa shape index (κ3) is 5.05. The SMILES string of the molecule is CCOC(=O)C1CCCN(CC(=O)N2N=C(c3ccc(F)cc3)CC2c2ccccc2)C1. The van der Waals surface area contributed by atoms with Gasteiger partial charge >= 0.3 is 5.97 Å². The zero-order valence-corrected chi connectivity index (χ0v) is 18.2. The van der Waals surface area contributed by atoms with Crippen LogP contribution in [0, 0.1) is 11.7 Å². The van der Waals surface area contributed by atoms with Crippen molar-refractivity contribution in [1.29, 1.82) is 0 Å². The van der Waals surface area contributed by atoms with E-state index >= 15 is 0 Å². The van der Waals surface area contributed by atoms with Gasteiger partial charge in [-0.05, 0) is 49.6 Å². The molecule has 2 aromatic rings. The van der Waals surface area contributed by atoms with E-state index in [0.29, 0.717) is 19.6 Å². The molecule has 0 spiro atoms. The van der Waals surface area contributed by atoms with E-state index in [4.69, 9.17) is 4.74 Å². The summed E-state index contributed by atoms with van der Waals surface area (Å²) in [5.74, 6) is -0.801. The molecule has 2 aromatic carbocycles. The van der Waals surface area contributed by atoms with Crippen LogP contribution in [0.1, 0.15) is 43.4 Å². The fourth-order valence-corrected chi connectivity index (χ4v) is 4.41. The van der Waals surface area contributed by atoms with E-state index in [0.717, 1.165) is 36.2 Å². The molecule has 2 aliphatic heterocycles. The summed E-state index contributed by atoms with van der Waals surface area (Å²) in [6.07, 6.45) is 2.20. The number of halogens is 1. The van der Waals surface area contributed by atoms with E-state index in [2.05, 4.69) is 5.10 Å². The summed E-state index contributed by atoms with van der Waals surface area (Å²) in [6.45, 7) is 3.64. The summed E-state index contributed by atoms with van der Waals surface area (Å²) < 4.78 is 18.5. The number of hydrazone groups is 1. The van der Waals surface area contributed by atoms with Crippen molar-refractivity contribution in [3.8, 4) is 0 Å². The van der Waals surface area contributed by atoms with Crippen molar-refractivity contribution < 1.29 is 18.7 Å². The van der Waals surface area contributed by atoms with E-state index in [1.807, 2.05) is 35.2 Å². The van der Waals surface area contributed by atoms with Crippen LogP contribution >= 0.6 is 0 Å². The van der Waals surface area contributed by atoms with Gasteiger partial charge in [0, 0.05) is 13.0 Å². The van der Waals surface area contributed by atoms with Gasteiger partial charge in [-0.3, -0.25) is 14.5 Å². The molecule has 1 saturated heterocycles. The lowest BCUT2D eigenvalue weighted by atomic mass is 9.97. The van der Waals surface area contributed by atoms with Crippen LogP contribution in [-0.4, -0.2) is 53.7 Å². The lowest BCUT2D eigenvalue weighted by molar-refractivity contribution is -0.150. The summed E-state index contributed by atoms with van der Waals surface area (Å²) >= 11 is 0. The van der Waals surface area contributed by atoms with Gasteiger partial charge in [0.15, 0.2) is 0 Å². The summed E-state index contributed by atoms with van der Waals surface area (Å²) in [5, 5.41) is 6.21. The molecule has 4 rings (SSSR count). The van der Waals surface area contributed by atoms with Crippen LogP contribution in [0.4, 0.5) is 4.39 Å². The first-order valence-corrected chi connectivity index (χ1v) is 11.1. The van der Waals surface area contributed by atoms with Crippen molar-refractivity contribution in [2.75, 3.05) is 26.2 Å². The lowest BCUT2D eigenvalue weighted by Crippen LogP contribution is -2.44. The molecule has 0 saturated carbocycles. The van der Waals surface area contributed by atoms with Gasteiger partial charge < -0.3 is 4.74 Å². The van der Waals surface area contributed by atoms with Crippen LogP contribution in [0.25, 0.3) is 0 Å². The molecule has 1 fully saturated rings. The second-order valence-corrected chi connectivity index (χ2v) is 8.25. The molecule has 0 N–H and O–H groups in total. The monoisotopic (exact) mass is 437 g/mol.